The summed E-state index contributed by atoms with van der Waals surface area (Å²) < 4.78 is 2.02. The molecule has 3 nitrogen and oxygen atoms in total. The zero-order valence-corrected chi connectivity index (χ0v) is 10.2. The summed E-state index contributed by atoms with van der Waals surface area (Å²) in [5.74, 6) is 0.402. The summed E-state index contributed by atoms with van der Waals surface area (Å²) in [5.41, 5.74) is 1.85. The molecule has 0 aliphatic carbocycles. The van der Waals surface area contributed by atoms with Crippen LogP contribution in [-0.2, 0) is 0 Å². The number of rotatable bonds is 3. The van der Waals surface area contributed by atoms with Crippen LogP contribution in [0.15, 0.2) is 48.8 Å². The molecule has 2 aromatic rings. The van der Waals surface area contributed by atoms with Gasteiger partial charge < -0.3 is 9.88 Å². The number of aromatic nitrogens is 1. The molecule has 1 aliphatic rings. The maximum Gasteiger partial charge on any atom is 0.167 e. The molecule has 1 aromatic carbocycles. The predicted molar refractivity (Wildman–Crippen MR) is 71.1 cm³/mol. The highest BCUT2D eigenvalue weighted by Crippen LogP contribution is 2.18. The summed E-state index contributed by atoms with van der Waals surface area (Å²) in [6.45, 7) is 1.76. The molecule has 1 aliphatic heterocycles. The highest BCUT2D eigenvalue weighted by atomic mass is 16.1. The fraction of sp³-hybridized carbons (Fsp3) is 0.267. The number of hydrogen-bond acceptors (Lipinski definition) is 2. The molecule has 0 amide bonds. The number of nitrogens with zero attached hydrogens (tertiary/aromatic N) is 1. The fourth-order valence-electron chi connectivity index (χ4n) is 2.44. The summed E-state index contributed by atoms with van der Waals surface area (Å²) in [6, 6.07) is 11.8. The third-order valence-corrected chi connectivity index (χ3v) is 3.46. The predicted octanol–water partition coefficient (Wildman–Crippen LogP) is 2.27. The lowest BCUT2D eigenvalue weighted by Crippen LogP contribution is -2.18. The molecule has 1 fully saturated rings. The van der Waals surface area contributed by atoms with Crippen LogP contribution in [0.2, 0.25) is 0 Å². The zero-order valence-electron chi connectivity index (χ0n) is 10.2. The molecule has 2 heterocycles. The van der Waals surface area contributed by atoms with E-state index in [1.54, 1.807) is 0 Å². The maximum atomic E-state index is 12.3. The molecule has 3 rings (SSSR count). The molecular weight excluding hydrogens is 224 g/mol. The highest BCUT2D eigenvalue weighted by Gasteiger charge is 2.23. The first-order valence-corrected chi connectivity index (χ1v) is 6.33. The highest BCUT2D eigenvalue weighted by molar-refractivity contribution is 5.98. The van der Waals surface area contributed by atoms with Gasteiger partial charge in [0.25, 0.3) is 0 Å². The fourth-order valence-corrected chi connectivity index (χ4v) is 2.44. The second kappa shape index (κ2) is 4.78. The van der Waals surface area contributed by atoms with Crippen molar-refractivity contribution >= 4 is 5.78 Å². The van der Waals surface area contributed by atoms with Gasteiger partial charge in [0.05, 0.1) is 0 Å². The second-order valence-electron chi connectivity index (χ2n) is 4.69. The zero-order chi connectivity index (χ0) is 12.4. The van der Waals surface area contributed by atoms with Crippen LogP contribution in [0.1, 0.15) is 16.8 Å². The topological polar surface area (TPSA) is 34.0 Å². The first-order valence-electron chi connectivity index (χ1n) is 6.33. The molecular formula is C15H16N2O. The second-order valence-corrected chi connectivity index (χ2v) is 4.69. The molecule has 18 heavy (non-hydrogen) atoms. The van der Waals surface area contributed by atoms with Crippen molar-refractivity contribution in [2.45, 2.75) is 6.42 Å². The van der Waals surface area contributed by atoms with Gasteiger partial charge in [-0.3, -0.25) is 4.79 Å². The van der Waals surface area contributed by atoms with Crippen molar-refractivity contribution in [3.63, 3.8) is 0 Å². The third kappa shape index (κ3) is 2.09. The average Bonchev–Trinajstić information content (AvgIpc) is 3.11. The largest absolute Gasteiger partial charge is 0.324 e. The van der Waals surface area contributed by atoms with E-state index in [4.69, 9.17) is 0 Å². The van der Waals surface area contributed by atoms with Crippen molar-refractivity contribution in [3.8, 4) is 5.69 Å². The molecule has 0 bridgehead atoms. The van der Waals surface area contributed by atoms with Gasteiger partial charge in [-0.2, -0.15) is 0 Å². The Morgan fingerprint density at radius 2 is 2.06 bits per heavy atom. The Morgan fingerprint density at radius 3 is 2.78 bits per heavy atom. The number of hydrogen-bond donors (Lipinski definition) is 1. The Kier molecular flexibility index (Phi) is 2.99. The van der Waals surface area contributed by atoms with Crippen molar-refractivity contribution in [2.75, 3.05) is 13.1 Å². The number of nitrogens with one attached hydrogen (secondary N) is 1. The van der Waals surface area contributed by atoms with Gasteiger partial charge in [0.15, 0.2) is 5.78 Å². The van der Waals surface area contributed by atoms with E-state index in [0.717, 1.165) is 30.8 Å². The van der Waals surface area contributed by atoms with E-state index in [1.165, 1.54) is 0 Å². The summed E-state index contributed by atoms with van der Waals surface area (Å²) >= 11 is 0. The normalized spacial score (nSPS) is 19.0. The lowest BCUT2D eigenvalue weighted by molar-refractivity contribution is 0.0930. The van der Waals surface area contributed by atoms with Crippen molar-refractivity contribution < 1.29 is 4.79 Å². The standard InChI is InChI=1S/C15H16N2O/c18-15(13-6-7-16-11-13)12-4-3-5-14(10-12)17-8-1-2-9-17/h1-5,8-10,13,16H,6-7,11H2. The summed E-state index contributed by atoms with van der Waals surface area (Å²) in [4.78, 5) is 12.3. The molecule has 3 heteroatoms. The van der Waals surface area contributed by atoms with Crippen molar-refractivity contribution in [1.29, 1.82) is 0 Å². The smallest absolute Gasteiger partial charge is 0.167 e. The Balaban J connectivity index is 1.89. The summed E-state index contributed by atoms with van der Waals surface area (Å²) in [6.07, 6.45) is 4.92. The number of ketones is 1. The maximum absolute atomic E-state index is 12.3. The average molecular weight is 240 g/mol. The van der Waals surface area contributed by atoms with Crippen LogP contribution >= 0.6 is 0 Å². The summed E-state index contributed by atoms with van der Waals surface area (Å²) in [5, 5.41) is 3.24. The van der Waals surface area contributed by atoms with Gasteiger partial charge in [0.2, 0.25) is 0 Å². The van der Waals surface area contributed by atoms with E-state index in [0.29, 0.717) is 0 Å². The van der Waals surface area contributed by atoms with Crippen molar-refractivity contribution in [2.24, 2.45) is 5.92 Å². The Labute approximate surface area is 106 Å². The van der Waals surface area contributed by atoms with Crippen LogP contribution in [0, 0.1) is 5.92 Å². The van der Waals surface area contributed by atoms with E-state index >= 15 is 0 Å². The van der Waals surface area contributed by atoms with Gasteiger partial charge in [-0.25, -0.2) is 0 Å². The summed E-state index contributed by atoms with van der Waals surface area (Å²) in [7, 11) is 0. The quantitative estimate of drug-likeness (QED) is 0.835. The molecule has 1 atom stereocenters. The molecule has 1 N–H and O–H groups in total. The third-order valence-electron chi connectivity index (χ3n) is 3.46. The van der Waals surface area contributed by atoms with Crippen molar-refractivity contribution in [1.82, 2.24) is 9.88 Å². The van der Waals surface area contributed by atoms with Crippen molar-refractivity contribution in [3.05, 3.63) is 54.4 Å². The van der Waals surface area contributed by atoms with Crippen LogP contribution in [0.5, 0.6) is 0 Å². The first kappa shape index (κ1) is 11.2. The number of carbonyl (C=O) groups excluding carboxylic acids is 1. The van der Waals surface area contributed by atoms with Gasteiger partial charge in [0.1, 0.15) is 0 Å². The molecule has 1 aromatic heterocycles. The molecule has 1 unspecified atom stereocenters. The van der Waals surface area contributed by atoms with Crippen LogP contribution in [0.3, 0.4) is 0 Å². The van der Waals surface area contributed by atoms with E-state index in [-0.39, 0.29) is 11.7 Å². The molecule has 0 spiro atoms. The van der Waals surface area contributed by atoms with Gasteiger partial charge in [-0.15, -0.1) is 0 Å². The van der Waals surface area contributed by atoms with E-state index in [1.807, 2.05) is 53.4 Å². The Hall–Kier alpha value is -1.87. The Bertz CT molecular complexity index is 539. The minimum absolute atomic E-state index is 0.143. The van der Waals surface area contributed by atoms with Crippen LogP contribution < -0.4 is 5.32 Å². The lowest BCUT2D eigenvalue weighted by Gasteiger charge is -2.09. The lowest BCUT2D eigenvalue weighted by atomic mass is 9.97. The van der Waals surface area contributed by atoms with Crippen LogP contribution in [-0.4, -0.2) is 23.4 Å². The van der Waals surface area contributed by atoms with Gasteiger partial charge in [0, 0.05) is 36.1 Å². The molecule has 92 valence electrons. The minimum Gasteiger partial charge on any atom is -0.324 e. The monoisotopic (exact) mass is 240 g/mol. The molecule has 0 radical (unpaired) electrons. The number of carbonyl (C=O) groups is 1. The van der Waals surface area contributed by atoms with Gasteiger partial charge in [-0.1, -0.05) is 12.1 Å². The van der Waals surface area contributed by atoms with Crippen LogP contribution in [0.25, 0.3) is 5.69 Å². The SMILES string of the molecule is O=C(c1cccc(-n2cccc2)c1)C1CCNC1. The Morgan fingerprint density at radius 1 is 1.22 bits per heavy atom. The van der Waals surface area contributed by atoms with E-state index < -0.39 is 0 Å². The van der Waals surface area contributed by atoms with E-state index in [9.17, 15) is 4.79 Å². The number of Topliss-reactive ketones (excluding diaryl/α,β-unsaturated/α-hetero) is 1. The van der Waals surface area contributed by atoms with Gasteiger partial charge in [-0.05, 0) is 37.2 Å². The molecule has 1 saturated heterocycles. The molecule has 0 saturated carbocycles. The minimum atomic E-state index is 0.143. The number of benzene rings is 1. The first-order chi connectivity index (χ1) is 8.84. The van der Waals surface area contributed by atoms with E-state index in [2.05, 4.69) is 5.32 Å². The van der Waals surface area contributed by atoms with Crippen LogP contribution in [0.4, 0.5) is 0 Å². The van der Waals surface area contributed by atoms with Gasteiger partial charge >= 0.3 is 0 Å².